The number of ketones is 1. The lowest BCUT2D eigenvalue weighted by molar-refractivity contribution is -0.128. The van der Waals surface area contributed by atoms with Crippen LogP contribution in [0.3, 0.4) is 0 Å². The Labute approximate surface area is 160 Å². The lowest BCUT2D eigenvalue weighted by Crippen LogP contribution is -2.29. The van der Waals surface area contributed by atoms with Crippen molar-refractivity contribution in [3.8, 4) is 6.07 Å². The molecule has 2 aromatic rings. The van der Waals surface area contributed by atoms with Crippen molar-refractivity contribution in [3.63, 3.8) is 0 Å². The van der Waals surface area contributed by atoms with Gasteiger partial charge < -0.3 is 5.32 Å². The molecule has 128 valence electrons. The summed E-state index contributed by atoms with van der Waals surface area (Å²) in [5.41, 5.74) is 1.19. The molecule has 0 aromatic heterocycles. The number of hydrogen-bond acceptors (Lipinski definition) is 3. The SMILES string of the molecule is N#CC(C(=O)CCc1ccc(Cl)cc1)C(=O)Nc1ccc(Cl)cc1Cl. The average molecular weight is 396 g/mol. The fraction of sp³-hybridized carbons (Fsp3) is 0.167. The zero-order chi connectivity index (χ0) is 18.4. The smallest absolute Gasteiger partial charge is 0.249 e. The van der Waals surface area contributed by atoms with Crippen molar-refractivity contribution >= 4 is 52.2 Å². The maximum Gasteiger partial charge on any atom is 0.249 e. The summed E-state index contributed by atoms with van der Waals surface area (Å²) in [6, 6.07) is 13.3. The summed E-state index contributed by atoms with van der Waals surface area (Å²) in [7, 11) is 0. The van der Waals surface area contributed by atoms with Crippen LogP contribution in [0.4, 0.5) is 5.69 Å². The lowest BCUT2D eigenvalue weighted by atomic mass is 9.98. The predicted octanol–water partition coefficient (Wildman–Crippen LogP) is 4.93. The van der Waals surface area contributed by atoms with E-state index in [1.165, 1.54) is 12.1 Å². The molecular formula is C18H13Cl3N2O2. The Bertz CT molecular complexity index is 829. The molecule has 0 saturated carbocycles. The van der Waals surface area contributed by atoms with E-state index in [0.29, 0.717) is 22.2 Å². The van der Waals surface area contributed by atoms with Crippen LogP contribution in [0, 0.1) is 17.2 Å². The first-order chi connectivity index (χ1) is 11.9. The third kappa shape index (κ3) is 5.47. The second-order valence-corrected chi connectivity index (χ2v) is 6.55. The van der Waals surface area contributed by atoms with E-state index in [9.17, 15) is 14.9 Å². The monoisotopic (exact) mass is 394 g/mol. The van der Waals surface area contributed by atoms with E-state index in [2.05, 4.69) is 5.32 Å². The van der Waals surface area contributed by atoms with E-state index >= 15 is 0 Å². The van der Waals surface area contributed by atoms with Gasteiger partial charge in [-0.1, -0.05) is 46.9 Å². The summed E-state index contributed by atoms with van der Waals surface area (Å²) in [4.78, 5) is 24.4. The number of carbonyl (C=O) groups excluding carboxylic acids is 2. The van der Waals surface area contributed by atoms with E-state index in [-0.39, 0.29) is 11.4 Å². The quantitative estimate of drug-likeness (QED) is 0.705. The van der Waals surface area contributed by atoms with Gasteiger partial charge in [-0.05, 0) is 42.3 Å². The number of rotatable bonds is 6. The van der Waals surface area contributed by atoms with Crippen LogP contribution >= 0.6 is 34.8 Å². The van der Waals surface area contributed by atoms with Crippen molar-refractivity contribution in [2.45, 2.75) is 12.8 Å². The molecule has 7 heteroatoms. The van der Waals surface area contributed by atoms with Gasteiger partial charge >= 0.3 is 0 Å². The summed E-state index contributed by atoms with van der Waals surface area (Å²) < 4.78 is 0. The van der Waals surface area contributed by atoms with Crippen molar-refractivity contribution in [3.05, 3.63) is 63.1 Å². The molecule has 1 amide bonds. The molecule has 0 aliphatic rings. The second kappa shape index (κ2) is 8.87. The van der Waals surface area contributed by atoms with Gasteiger partial charge in [-0.15, -0.1) is 0 Å². The summed E-state index contributed by atoms with van der Waals surface area (Å²) in [6.45, 7) is 0. The number of anilines is 1. The predicted molar refractivity (Wildman–Crippen MR) is 99.0 cm³/mol. The van der Waals surface area contributed by atoms with Gasteiger partial charge in [0.2, 0.25) is 5.91 Å². The van der Waals surface area contributed by atoms with Crippen molar-refractivity contribution in [1.29, 1.82) is 5.26 Å². The minimum absolute atomic E-state index is 0.0711. The van der Waals surface area contributed by atoms with Crippen LogP contribution in [0.5, 0.6) is 0 Å². The molecule has 25 heavy (non-hydrogen) atoms. The molecule has 0 radical (unpaired) electrons. The first-order valence-corrected chi connectivity index (χ1v) is 8.47. The van der Waals surface area contributed by atoms with E-state index < -0.39 is 17.6 Å². The van der Waals surface area contributed by atoms with Gasteiger partial charge in [0.1, 0.15) is 0 Å². The Hall–Kier alpha value is -2.06. The topological polar surface area (TPSA) is 70.0 Å². The molecule has 0 fully saturated rings. The first-order valence-electron chi connectivity index (χ1n) is 7.33. The summed E-state index contributed by atoms with van der Waals surface area (Å²) in [5.74, 6) is -2.58. The Morgan fingerprint density at radius 1 is 1.04 bits per heavy atom. The van der Waals surface area contributed by atoms with Crippen LogP contribution in [0.25, 0.3) is 0 Å². The van der Waals surface area contributed by atoms with Crippen LogP contribution in [0.2, 0.25) is 15.1 Å². The molecule has 0 bridgehead atoms. The highest BCUT2D eigenvalue weighted by molar-refractivity contribution is 6.36. The third-order valence-corrected chi connectivity index (χ3v) is 4.28. The molecule has 1 N–H and O–H groups in total. The fourth-order valence-electron chi connectivity index (χ4n) is 2.14. The largest absolute Gasteiger partial charge is 0.323 e. The number of hydrogen-bond donors (Lipinski definition) is 1. The third-order valence-electron chi connectivity index (χ3n) is 3.48. The van der Waals surface area contributed by atoms with Gasteiger partial charge in [-0.25, -0.2) is 0 Å². The van der Waals surface area contributed by atoms with Crippen molar-refractivity contribution < 1.29 is 9.59 Å². The minimum Gasteiger partial charge on any atom is -0.323 e. The highest BCUT2D eigenvalue weighted by atomic mass is 35.5. The summed E-state index contributed by atoms with van der Waals surface area (Å²) in [6.07, 6.45) is 0.491. The highest BCUT2D eigenvalue weighted by Crippen LogP contribution is 2.26. The highest BCUT2D eigenvalue weighted by Gasteiger charge is 2.26. The number of aryl methyl sites for hydroxylation is 1. The molecule has 0 aliphatic carbocycles. The van der Waals surface area contributed by atoms with Gasteiger partial charge in [0.15, 0.2) is 11.7 Å². The van der Waals surface area contributed by atoms with Gasteiger partial charge in [0, 0.05) is 16.5 Å². The minimum atomic E-state index is -1.40. The molecule has 4 nitrogen and oxygen atoms in total. The molecule has 2 aromatic carbocycles. The number of benzene rings is 2. The maximum atomic E-state index is 12.2. The summed E-state index contributed by atoms with van der Waals surface area (Å²) in [5, 5.41) is 12.9. The van der Waals surface area contributed by atoms with Crippen molar-refractivity contribution in [1.82, 2.24) is 0 Å². The standard InChI is InChI=1S/C18H13Cl3N2O2/c19-12-4-1-11(2-5-12)3-8-17(24)14(10-22)18(25)23-16-7-6-13(20)9-15(16)21/h1-2,4-7,9,14H,3,8H2,(H,23,25). The average Bonchev–Trinajstić information content (AvgIpc) is 2.57. The number of carbonyl (C=O) groups is 2. The van der Waals surface area contributed by atoms with Crippen LogP contribution in [-0.2, 0) is 16.0 Å². The molecule has 1 unspecified atom stereocenters. The van der Waals surface area contributed by atoms with Crippen LogP contribution in [0.1, 0.15) is 12.0 Å². The van der Waals surface area contributed by atoms with Gasteiger partial charge in [-0.3, -0.25) is 9.59 Å². The lowest BCUT2D eigenvalue weighted by Gasteiger charge is -2.11. The van der Waals surface area contributed by atoms with Crippen LogP contribution in [0.15, 0.2) is 42.5 Å². The van der Waals surface area contributed by atoms with Gasteiger partial charge in [0.25, 0.3) is 0 Å². The zero-order valence-electron chi connectivity index (χ0n) is 12.9. The molecule has 0 aliphatic heterocycles. The Morgan fingerprint density at radius 3 is 2.28 bits per heavy atom. The number of halogens is 3. The van der Waals surface area contributed by atoms with Crippen molar-refractivity contribution in [2.24, 2.45) is 5.92 Å². The first kappa shape index (κ1) is 19.3. The molecule has 0 saturated heterocycles. The van der Waals surface area contributed by atoms with Crippen LogP contribution in [-0.4, -0.2) is 11.7 Å². The van der Waals surface area contributed by atoms with E-state index in [1.54, 1.807) is 36.4 Å². The fourth-order valence-corrected chi connectivity index (χ4v) is 2.72. The normalized spacial score (nSPS) is 11.4. The second-order valence-electron chi connectivity index (χ2n) is 5.27. The van der Waals surface area contributed by atoms with Gasteiger partial charge in [-0.2, -0.15) is 5.26 Å². The van der Waals surface area contributed by atoms with Crippen LogP contribution < -0.4 is 5.32 Å². The Balaban J connectivity index is 1.99. The molecular weight excluding hydrogens is 383 g/mol. The van der Waals surface area contributed by atoms with E-state index in [4.69, 9.17) is 34.8 Å². The van der Waals surface area contributed by atoms with E-state index in [1.807, 2.05) is 0 Å². The molecule has 2 rings (SSSR count). The van der Waals surface area contributed by atoms with E-state index in [0.717, 1.165) is 5.56 Å². The molecule has 0 spiro atoms. The molecule has 0 heterocycles. The number of Topliss-reactive ketones (excluding diaryl/α,β-unsaturated/α-hetero) is 1. The molecule has 1 atom stereocenters. The number of nitrogens with one attached hydrogen (secondary N) is 1. The van der Waals surface area contributed by atoms with Crippen molar-refractivity contribution in [2.75, 3.05) is 5.32 Å². The number of nitriles is 1. The maximum absolute atomic E-state index is 12.2. The summed E-state index contributed by atoms with van der Waals surface area (Å²) >= 11 is 17.6. The Kier molecular flexibility index (Phi) is 6.83. The zero-order valence-corrected chi connectivity index (χ0v) is 15.2. The Morgan fingerprint density at radius 2 is 1.68 bits per heavy atom. The van der Waals surface area contributed by atoms with Gasteiger partial charge in [0.05, 0.1) is 16.8 Å². The number of nitrogens with zero attached hydrogens (tertiary/aromatic N) is 1. The number of amides is 1.